The van der Waals surface area contributed by atoms with Crippen LogP contribution in [0.3, 0.4) is 0 Å². The summed E-state index contributed by atoms with van der Waals surface area (Å²) in [4.78, 5) is 15.5. The van der Waals surface area contributed by atoms with E-state index in [0.717, 1.165) is 53.4 Å². The Hall–Kier alpha value is -3.42. The average molecular weight is 422 g/mol. The quantitative estimate of drug-likeness (QED) is 0.502. The Morgan fingerprint density at radius 1 is 1.16 bits per heavy atom. The Kier molecular flexibility index (Phi) is 5.63. The second-order valence-electron chi connectivity index (χ2n) is 8.33. The summed E-state index contributed by atoms with van der Waals surface area (Å²) in [5.41, 5.74) is 5.10. The van der Waals surface area contributed by atoms with Gasteiger partial charge in [0.1, 0.15) is 16.7 Å². The number of azo groups is 1. The maximum atomic E-state index is 11.3. The normalized spacial score (nSPS) is 16.9. The zero-order valence-corrected chi connectivity index (χ0v) is 18.5. The molecule has 1 fully saturated rings. The standard InChI is InChI=1S/C23H28N6O2/c1-26(2)19-11-12-20-21(14-19)28(4)23(27(20)3)25-24-17-7-9-18(10-8-17)29-13-5-6-16(15-29)22(30)31/h7-12,14,16H,5-6,13,15H2,1-4H3/p+1. The van der Waals surface area contributed by atoms with Crippen molar-refractivity contribution in [2.24, 2.45) is 30.2 Å². The second kappa shape index (κ2) is 8.37. The van der Waals surface area contributed by atoms with Crippen LogP contribution in [0.1, 0.15) is 12.8 Å². The summed E-state index contributed by atoms with van der Waals surface area (Å²) in [5, 5.41) is 18.3. The molecular weight excluding hydrogens is 392 g/mol. The Morgan fingerprint density at radius 2 is 1.90 bits per heavy atom. The Balaban J connectivity index is 1.55. The number of carboxylic acid groups (broad SMARTS) is 1. The molecule has 1 aliphatic heterocycles. The summed E-state index contributed by atoms with van der Waals surface area (Å²) in [6, 6.07) is 14.2. The number of hydrogen-bond donors (Lipinski definition) is 1. The molecule has 1 saturated heterocycles. The van der Waals surface area contributed by atoms with Crippen LogP contribution in [0.4, 0.5) is 23.0 Å². The highest BCUT2D eigenvalue weighted by Crippen LogP contribution is 2.27. The summed E-state index contributed by atoms with van der Waals surface area (Å²) in [5.74, 6) is -0.251. The van der Waals surface area contributed by atoms with Gasteiger partial charge in [0.2, 0.25) is 0 Å². The maximum Gasteiger partial charge on any atom is 0.422 e. The molecule has 1 aromatic heterocycles. The summed E-state index contributed by atoms with van der Waals surface area (Å²) >= 11 is 0. The number of benzene rings is 2. The number of aliphatic carboxylic acids is 1. The smallest absolute Gasteiger partial charge is 0.422 e. The molecule has 1 aliphatic rings. The second-order valence-corrected chi connectivity index (χ2v) is 8.33. The lowest BCUT2D eigenvalue weighted by atomic mass is 9.98. The van der Waals surface area contributed by atoms with Crippen molar-refractivity contribution in [2.45, 2.75) is 12.8 Å². The van der Waals surface area contributed by atoms with Crippen molar-refractivity contribution in [1.29, 1.82) is 0 Å². The van der Waals surface area contributed by atoms with E-state index >= 15 is 0 Å². The van der Waals surface area contributed by atoms with Gasteiger partial charge in [-0.2, -0.15) is 0 Å². The van der Waals surface area contributed by atoms with Gasteiger partial charge in [-0.3, -0.25) is 4.79 Å². The summed E-state index contributed by atoms with van der Waals surface area (Å²) in [6.45, 7) is 1.43. The monoisotopic (exact) mass is 421 g/mol. The van der Waals surface area contributed by atoms with Crippen LogP contribution < -0.4 is 14.4 Å². The lowest BCUT2D eigenvalue weighted by Gasteiger charge is -2.32. The number of rotatable bonds is 5. The van der Waals surface area contributed by atoms with E-state index in [0.29, 0.717) is 6.54 Å². The van der Waals surface area contributed by atoms with Gasteiger partial charge in [-0.05, 0) is 49.2 Å². The van der Waals surface area contributed by atoms with Crippen molar-refractivity contribution >= 4 is 40.0 Å². The third kappa shape index (κ3) is 4.10. The predicted molar refractivity (Wildman–Crippen MR) is 122 cm³/mol. The van der Waals surface area contributed by atoms with E-state index in [1.807, 2.05) is 61.6 Å². The van der Waals surface area contributed by atoms with Crippen molar-refractivity contribution < 1.29 is 14.5 Å². The van der Waals surface area contributed by atoms with E-state index in [1.54, 1.807) is 0 Å². The minimum Gasteiger partial charge on any atom is -0.481 e. The molecule has 8 heteroatoms. The minimum absolute atomic E-state index is 0.299. The predicted octanol–water partition coefficient (Wildman–Crippen LogP) is 3.79. The Labute approximate surface area is 182 Å². The maximum absolute atomic E-state index is 11.3. The first-order valence-corrected chi connectivity index (χ1v) is 10.5. The Morgan fingerprint density at radius 3 is 2.58 bits per heavy atom. The van der Waals surface area contributed by atoms with Crippen LogP contribution in [0.15, 0.2) is 52.7 Å². The topological polar surface area (TPSA) is 77.3 Å². The molecule has 0 saturated carbocycles. The molecule has 1 unspecified atom stereocenters. The van der Waals surface area contributed by atoms with Crippen LogP contribution in [-0.2, 0) is 18.9 Å². The number of fused-ring (bicyclic) bond motifs is 1. The summed E-state index contributed by atoms with van der Waals surface area (Å²) < 4.78 is 4.08. The van der Waals surface area contributed by atoms with Crippen LogP contribution in [0.2, 0.25) is 0 Å². The van der Waals surface area contributed by atoms with Crippen LogP contribution in [0.25, 0.3) is 11.0 Å². The van der Waals surface area contributed by atoms with Crippen molar-refractivity contribution in [3.8, 4) is 0 Å². The molecule has 8 nitrogen and oxygen atoms in total. The zero-order valence-electron chi connectivity index (χ0n) is 18.5. The molecule has 1 N–H and O–H groups in total. The molecule has 0 bridgehead atoms. The van der Waals surface area contributed by atoms with Crippen LogP contribution in [0, 0.1) is 5.92 Å². The van der Waals surface area contributed by atoms with Crippen molar-refractivity contribution in [1.82, 2.24) is 4.57 Å². The molecule has 2 heterocycles. The molecule has 0 amide bonds. The van der Waals surface area contributed by atoms with E-state index in [9.17, 15) is 9.90 Å². The third-order valence-corrected chi connectivity index (χ3v) is 6.04. The largest absolute Gasteiger partial charge is 0.481 e. The fourth-order valence-electron chi connectivity index (χ4n) is 4.16. The highest BCUT2D eigenvalue weighted by atomic mass is 16.4. The lowest BCUT2D eigenvalue weighted by Crippen LogP contribution is -2.38. The van der Waals surface area contributed by atoms with Gasteiger partial charge in [0.05, 0.1) is 20.0 Å². The van der Waals surface area contributed by atoms with Gasteiger partial charge in [-0.25, -0.2) is 9.13 Å². The third-order valence-electron chi connectivity index (χ3n) is 6.04. The average Bonchev–Trinajstić information content (AvgIpc) is 3.02. The molecule has 162 valence electrons. The fourth-order valence-corrected chi connectivity index (χ4v) is 4.16. The number of anilines is 2. The van der Waals surface area contributed by atoms with Gasteiger partial charge in [0, 0.05) is 49.7 Å². The van der Waals surface area contributed by atoms with Crippen molar-refractivity contribution in [3.05, 3.63) is 42.5 Å². The SMILES string of the molecule is CN(C)c1ccc2c(c1)n(C)c(N=Nc1ccc(N3CCCC(C(=O)O)C3)cc1)[n+]2C. The molecule has 0 spiro atoms. The number of piperidine rings is 1. The number of aryl methyl sites for hydroxylation is 2. The number of carboxylic acids is 1. The summed E-state index contributed by atoms with van der Waals surface area (Å²) in [7, 11) is 8.04. The first kappa shape index (κ1) is 20.8. The molecule has 3 aromatic rings. The molecule has 4 rings (SSSR count). The molecular formula is C23H29N6O2+. The first-order chi connectivity index (χ1) is 14.8. The Bertz CT molecular complexity index is 1130. The van der Waals surface area contributed by atoms with Crippen LogP contribution >= 0.6 is 0 Å². The van der Waals surface area contributed by atoms with Gasteiger partial charge in [0.25, 0.3) is 0 Å². The fraction of sp³-hybridized carbons (Fsp3) is 0.391. The molecule has 2 aromatic carbocycles. The highest BCUT2D eigenvalue weighted by molar-refractivity contribution is 5.78. The van der Waals surface area contributed by atoms with Crippen LogP contribution in [-0.4, -0.2) is 42.8 Å². The van der Waals surface area contributed by atoms with Gasteiger partial charge < -0.3 is 14.9 Å². The zero-order chi connectivity index (χ0) is 22.1. The van der Waals surface area contributed by atoms with E-state index in [2.05, 4.69) is 38.2 Å². The van der Waals surface area contributed by atoms with E-state index in [1.165, 1.54) is 0 Å². The molecule has 0 aliphatic carbocycles. The molecule has 31 heavy (non-hydrogen) atoms. The van der Waals surface area contributed by atoms with E-state index in [4.69, 9.17) is 0 Å². The number of hydrogen-bond acceptors (Lipinski definition) is 5. The highest BCUT2D eigenvalue weighted by Gasteiger charge is 2.25. The van der Waals surface area contributed by atoms with Crippen LogP contribution in [0.5, 0.6) is 0 Å². The minimum atomic E-state index is -0.712. The van der Waals surface area contributed by atoms with Gasteiger partial charge in [-0.1, -0.05) is 5.11 Å². The number of imidazole rings is 1. The first-order valence-electron chi connectivity index (χ1n) is 10.5. The number of carbonyl (C=O) groups is 1. The van der Waals surface area contributed by atoms with Crippen molar-refractivity contribution in [3.63, 3.8) is 0 Å². The lowest BCUT2D eigenvalue weighted by molar-refractivity contribution is -0.632. The number of aromatic nitrogens is 2. The van der Waals surface area contributed by atoms with Crippen molar-refractivity contribution in [2.75, 3.05) is 37.0 Å². The molecule has 1 atom stereocenters. The van der Waals surface area contributed by atoms with Gasteiger partial charge in [0.15, 0.2) is 0 Å². The number of nitrogens with zero attached hydrogens (tertiary/aromatic N) is 6. The van der Waals surface area contributed by atoms with Gasteiger partial charge in [-0.15, -0.1) is 0 Å². The summed E-state index contributed by atoms with van der Waals surface area (Å²) in [6.07, 6.45) is 1.64. The van der Waals surface area contributed by atoms with E-state index < -0.39 is 5.97 Å². The molecule has 0 radical (unpaired) electrons. The van der Waals surface area contributed by atoms with E-state index in [-0.39, 0.29) is 5.92 Å². The van der Waals surface area contributed by atoms with Gasteiger partial charge >= 0.3 is 11.9 Å².